The number of hydrogen-bond acceptors (Lipinski definition) is 5. The maximum absolute atomic E-state index is 13.0. The smallest absolute Gasteiger partial charge is 0.309 e. The van der Waals surface area contributed by atoms with Crippen molar-refractivity contribution in [2.45, 2.75) is 38.5 Å². The lowest BCUT2D eigenvalue weighted by Gasteiger charge is -2.31. The fourth-order valence-corrected chi connectivity index (χ4v) is 5.07. The number of sulfonamides is 1. The summed E-state index contributed by atoms with van der Waals surface area (Å²) >= 11 is 0. The second kappa shape index (κ2) is 9.51. The van der Waals surface area contributed by atoms with E-state index in [9.17, 15) is 18.0 Å². The molecule has 1 aliphatic rings. The molecular weight excluding hydrogens is 416 g/mol. The third-order valence-corrected chi connectivity index (χ3v) is 7.02. The molecule has 1 fully saturated rings. The zero-order chi connectivity index (χ0) is 22.6. The molecule has 31 heavy (non-hydrogen) atoms. The van der Waals surface area contributed by atoms with E-state index in [1.807, 2.05) is 19.1 Å². The molecule has 7 nitrogen and oxygen atoms in total. The quantitative estimate of drug-likeness (QED) is 0.688. The number of carbonyl (C=O) groups excluding carboxylic acids is 2. The molecule has 166 valence electrons. The van der Waals surface area contributed by atoms with E-state index in [4.69, 9.17) is 4.74 Å². The SMILES string of the molecule is CCOC(=O)C1CCN(C(=O)c2ccc(C)c(S(=O)(=O)Nc3ccccc3C)c2)CC1. The van der Waals surface area contributed by atoms with Gasteiger partial charge in [-0.15, -0.1) is 0 Å². The molecule has 0 atom stereocenters. The molecule has 1 aliphatic heterocycles. The van der Waals surface area contributed by atoms with E-state index in [2.05, 4.69) is 4.72 Å². The second-order valence-electron chi connectivity index (χ2n) is 7.72. The van der Waals surface area contributed by atoms with E-state index in [1.165, 1.54) is 6.07 Å². The fraction of sp³-hybridized carbons (Fsp3) is 0.391. The largest absolute Gasteiger partial charge is 0.466 e. The number of piperidine rings is 1. The van der Waals surface area contributed by atoms with Crippen LogP contribution < -0.4 is 4.72 Å². The van der Waals surface area contributed by atoms with Gasteiger partial charge in [-0.2, -0.15) is 0 Å². The Kier molecular flexibility index (Phi) is 7.00. The molecule has 1 N–H and O–H groups in total. The maximum Gasteiger partial charge on any atom is 0.309 e. The number of likely N-dealkylation sites (tertiary alicyclic amines) is 1. The van der Waals surface area contributed by atoms with Gasteiger partial charge in [0.25, 0.3) is 15.9 Å². The summed E-state index contributed by atoms with van der Waals surface area (Å²) in [5, 5.41) is 0. The molecule has 0 aromatic heterocycles. The zero-order valence-electron chi connectivity index (χ0n) is 18.1. The summed E-state index contributed by atoms with van der Waals surface area (Å²) < 4.78 is 33.7. The van der Waals surface area contributed by atoms with Gasteiger partial charge in [0, 0.05) is 18.7 Å². The van der Waals surface area contributed by atoms with Gasteiger partial charge in [0.1, 0.15) is 0 Å². The molecule has 1 heterocycles. The summed E-state index contributed by atoms with van der Waals surface area (Å²) in [7, 11) is -3.86. The van der Waals surface area contributed by atoms with Crippen molar-refractivity contribution in [3.63, 3.8) is 0 Å². The molecule has 3 rings (SSSR count). The molecule has 0 bridgehead atoms. The second-order valence-corrected chi connectivity index (χ2v) is 9.37. The fourth-order valence-electron chi connectivity index (χ4n) is 3.67. The highest BCUT2D eigenvalue weighted by Gasteiger charge is 2.29. The summed E-state index contributed by atoms with van der Waals surface area (Å²) in [5.74, 6) is -0.661. The van der Waals surface area contributed by atoms with E-state index >= 15 is 0 Å². The maximum atomic E-state index is 13.0. The van der Waals surface area contributed by atoms with Gasteiger partial charge in [-0.05, 0) is 62.9 Å². The molecular formula is C23H28N2O5S. The van der Waals surface area contributed by atoms with E-state index in [0.717, 1.165) is 5.56 Å². The molecule has 1 amide bonds. The summed E-state index contributed by atoms with van der Waals surface area (Å²) in [6.07, 6.45) is 1.08. The number of para-hydroxylation sites is 1. The Morgan fingerprint density at radius 1 is 1.06 bits per heavy atom. The van der Waals surface area contributed by atoms with Crippen molar-refractivity contribution in [2.75, 3.05) is 24.4 Å². The molecule has 8 heteroatoms. The van der Waals surface area contributed by atoms with Crippen LogP contribution >= 0.6 is 0 Å². The monoisotopic (exact) mass is 444 g/mol. The summed E-state index contributed by atoms with van der Waals surface area (Å²) in [6.45, 7) is 6.50. The first kappa shape index (κ1) is 22.8. The lowest BCUT2D eigenvalue weighted by molar-refractivity contribution is -0.149. The Morgan fingerprint density at radius 2 is 1.74 bits per heavy atom. The Bertz CT molecular complexity index is 1070. The minimum Gasteiger partial charge on any atom is -0.466 e. The summed E-state index contributed by atoms with van der Waals surface area (Å²) in [4.78, 5) is 26.6. The lowest BCUT2D eigenvalue weighted by Crippen LogP contribution is -2.40. The van der Waals surface area contributed by atoms with Crippen LogP contribution in [0.25, 0.3) is 0 Å². The first-order valence-corrected chi connectivity index (χ1v) is 11.9. The highest BCUT2D eigenvalue weighted by molar-refractivity contribution is 7.92. The normalized spacial score (nSPS) is 14.9. The molecule has 1 saturated heterocycles. The van der Waals surface area contributed by atoms with Gasteiger partial charge in [-0.3, -0.25) is 14.3 Å². The summed E-state index contributed by atoms with van der Waals surface area (Å²) in [6, 6.07) is 11.8. The van der Waals surface area contributed by atoms with Crippen molar-refractivity contribution in [1.82, 2.24) is 4.90 Å². The van der Waals surface area contributed by atoms with E-state index in [-0.39, 0.29) is 22.7 Å². The number of amides is 1. The van der Waals surface area contributed by atoms with Crippen LogP contribution in [0.2, 0.25) is 0 Å². The van der Waals surface area contributed by atoms with Crippen molar-refractivity contribution >= 4 is 27.6 Å². The molecule has 0 radical (unpaired) electrons. The van der Waals surface area contributed by atoms with Crippen molar-refractivity contribution < 1.29 is 22.7 Å². The Labute approximate surface area is 183 Å². The van der Waals surface area contributed by atoms with Crippen LogP contribution in [-0.4, -0.2) is 44.9 Å². The topological polar surface area (TPSA) is 92.8 Å². The number of hydrogen-bond donors (Lipinski definition) is 1. The first-order chi connectivity index (χ1) is 14.7. The Morgan fingerprint density at radius 3 is 2.39 bits per heavy atom. The number of nitrogens with zero attached hydrogens (tertiary/aromatic N) is 1. The van der Waals surface area contributed by atoms with E-state index < -0.39 is 10.0 Å². The molecule has 0 spiro atoms. The summed E-state index contributed by atoms with van der Waals surface area (Å²) in [5.41, 5.74) is 2.17. The first-order valence-electron chi connectivity index (χ1n) is 10.4. The van der Waals surface area contributed by atoms with Gasteiger partial charge in [0.05, 0.1) is 23.1 Å². The number of nitrogens with one attached hydrogen (secondary N) is 1. The number of benzene rings is 2. The predicted octanol–water partition coefficient (Wildman–Crippen LogP) is 3.52. The molecule has 0 saturated carbocycles. The third kappa shape index (κ3) is 5.25. The number of anilines is 1. The predicted molar refractivity (Wildman–Crippen MR) is 118 cm³/mol. The average Bonchev–Trinajstić information content (AvgIpc) is 2.75. The van der Waals surface area contributed by atoms with Gasteiger partial charge >= 0.3 is 5.97 Å². The van der Waals surface area contributed by atoms with Crippen LogP contribution in [0.3, 0.4) is 0 Å². The van der Waals surface area contributed by atoms with Gasteiger partial charge in [-0.25, -0.2) is 8.42 Å². The van der Waals surface area contributed by atoms with Gasteiger partial charge < -0.3 is 9.64 Å². The number of esters is 1. The van der Waals surface area contributed by atoms with Gasteiger partial charge in [-0.1, -0.05) is 24.3 Å². The van der Waals surface area contributed by atoms with Crippen molar-refractivity contribution in [1.29, 1.82) is 0 Å². The number of ether oxygens (including phenoxy) is 1. The Hall–Kier alpha value is -2.87. The number of rotatable bonds is 6. The van der Waals surface area contributed by atoms with Crippen LogP contribution in [0.15, 0.2) is 47.4 Å². The molecule has 0 unspecified atom stereocenters. The minimum absolute atomic E-state index is 0.0722. The van der Waals surface area contributed by atoms with E-state index in [1.54, 1.807) is 43.0 Å². The van der Waals surface area contributed by atoms with Crippen LogP contribution in [-0.2, 0) is 19.6 Å². The highest BCUT2D eigenvalue weighted by atomic mass is 32.2. The molecule has 2 aromatic rings. The number of aryl methyl sites for hydroxylation is 2. The zero-order valence-corrected chi connectivity index (χ0v) is 18.9. The van der Waals surface area contributed by atoms with Crippen LogP contribution in [0.1, 0.15) is 41.3 Å². The lowest BCUT2D eigenvalue weighted by atomic mass is 9.96. The minimum atomic E-state index is -3.86. The van der Waals surface area contributed by atoms with Crippen molar-refractivity contribution in [2.24, 2.45) is 5.92 Å². The molecule has 2 aromatic carbocycles. The molecule has 0 aliphatic carbocycles. The number of carbonyl (C=O) groups is 2. The van der Waals surface area contributed by atoms with Crippen LogP contribution in [0.5, 0.6) is 0 Å². The average molecular weight is 445 g/mol. The Balaban J connectivity index is 1.77. The van der Waals surface area contributed by atoms with Gasteiger partial charge in [0.2, 0.25) is 0 Å². The van der Waals surface area contributed by atoms with E-state index in [0.29, 0.717) is 49.4 Å². The van der Waals surface area contributed by atoms with Crippen molar-refractivity contribution in [3.05, 3.63) is 59.2 Å². The highest BCUT2D eigenvalue weighted by Crippen LogP contribution is 2.25. The standard InChI is InChI=1S/C23H28N2O5S/c1-4-30-23(27)18-11-13-25(14-12-18)22(26)19-10-9-17(3)21(15-19)31(28,29)24-20-8-6-5-7-16(20)2/h5-10,15,18,24H,4,11-14H2,1-3H3. The van der Waals surface area contributed by atoms with Gasteiger partial charge in [0.15, 0.2) is 0 Å². The van der Waals surface area contributed by atoms with Crippen LogP contribution in [0.4, 0.5) is 5.69 Å². The third-order valence-electron chi connectivity index (χ3n) is 5.52. The van der Waals surface area contributed by atoms with Crippen molar-refractivity contribution in [3.8, 4) is 0 Å². The van der Waals surface area contributed by atoms with Crippen LogP contribution in [0, 0.1) is 19.8 Å².